The third-order valence-corrected chi connectivity index (χ3v) is 7.26. The van der Waals surface area contributed by atoms with E-state index < -0.39 is 17.6 Å². The maximum absolute atomic E-state index is 13.1. The van der Waals surface area contributed by atoms with Crippen molar-refractivity contribution < 1.29 is 14.4 Å². The lowest BCUT2D eigenvalue weighted by atomic mass is 9.89. The normalized spacial score (nSPS) is 22.8. The van der Waals surface area contributed by atoms with Gasteiger partial charge in [-0.05, 0) is 50.2 Å². The van der Waals surface area contributed by atoms with Crippen LogP contribution in [0.3, 0.4) is 0 Å². The molecule has 1 unspecified atom stereocenters. The van der Waals surface area contributed by atoms with E-state index in [4.69, 9.17) is 0 Å². The molecule has 1 saturated carbocycles. The molecule has 158 valence electrons. The average Bonchev–Trinajstić information content (AvgIpc) is 3.46. The zero-order valence-corrected chi connectivity index (χ0v) is 17.3. The summed E-state index contributed by atoms with van der Waals surface area (Å²) in [6.07, 6.45) is 7.06. The third kappa shape index (κ3) is 2.90. The van der Waals surface area contributed by atoms with Crippen molar-refractivity contribution in [2.75, 3.05) is 13.1 Å². The van der Waals surface area contributed by atoms with Crippen molar-refractivity contribution in [2.24, 2.45) is 0 Å². The van der Waals surface area contributed by atoms with E-state index in [2.05, 4.69) is 34.7 Å². The first kappa shape index (κ1) is 19.2. The van der Waals surface area contributed by atoms with Crippen molar-refractivity contribution in [1.82, 2.24) is 20.1 Å². The first-order valence-corrected chi connectivity index (χ1v) is 11.0. The number of aromatic nitrogens is 1. The van der Waals surface area contributed by atoms with E-state index in [-0.39, 0.29) is 11.8 Å². The number of urea groups is 1. The van der Waals surface area contributed by atoms with E-state index in [0.717, 1.165) is 31.2 Å². The zero-order valence-electron chi connectivity index (χ0n) is 17.3. The molecule has 7 nitrogen and oxygen atoms in total. The molecule has 1 aliphatic carbocycles. The number of carbonyl (C=O) groups is 3. The van der Waals surface area contributed by atoms with Crippen LogP contribution < -0.4 is 5.32 Å². The van der Waals surface area contributed by atoms with Gasteiger partial charge in [0.1, 0.15) is 11.6 Å². The first-order chi connectivity index (χ1) is 14.5. The van der Waals surface area contributed by atoms with Gasteiger partial charge in [0.25, 0.3) is 5.91 Å². The Hall–Kier alpha value is -2.83. The van der Waals surface area contributed by atoms with Crippen LogP contribution in [0.2, 0.25) is 0 Å². The van der Waals surface area contributed by atoms with Gasteiger partial charge in [0, 0.05) is 30.2 Å². The van der Waals surface area contributed by atoms with E-state index in [1.165, 1.54) is 15.8 Å². The van der Waals surface area contributed by atoms with Gasteiger partial charge in [-0.25, -0.2) is 9.69 Å². The van der Waals surface area contributed by atoms with Gasteiger partial charge in [-0.3, -0.25) is 9.59 Å². The van der Waals surface area contributed by atoms with Crippen molar-refractivity contribution >= 4 is 28.7 Å². The topological polar surface area (TPSA) is 85.5 Å². The molecule has 5 rings (SSSR count). The number of nitrogens with one attached hydrogen (secondary N) is 2. The summed E-state index contributed by atoms with van der Waals surface area (Å²) < 4.78 is 0. The molecule has 2 saturated heterocycles. The Bertz CT molecular complexity index is 999. The number of hydrogen-bond donors (Lipinski definition) is 2. The van der Waals surface area contributed by atoms with Crippen LogP contribution in [0, 0.1) is 0 Å². The number of imide groups is 1. The van der Waals surface area contributed by atoms with Crippen LogP contribution in [0.4, 0.5) is 4.79 Å². The number of likely N-dealkylation sites (tertiary alicyclic amines) is 1. The number of benzene rings is 1. The molecular weight excluding hydrogens is 380 g/mol. The summed E-state index contributed by atoms with van der Waals surface area (Å²) >= 11 is 0. The maximum Gasteiger partial charge on any atom is 0.325 e. The molecule has 4 amide bonds. The van der Waals surface area contributed by atoms with Gasteiger partial charge in [-0.15, -0.1) is 0 Å². The summed E-state index contributed by atoms with van der Waals surface area (Å²) in [6, 6.07) is 7.11. The van der Waals surface area contributed by atoms with Crippen LogP contribution in [0.15, 0.2) is 30.5 Å². The van der Waals surface area contributed by atoms with Gasteiger partial charge >= 0.3 is 6.03 Å². The summed E-state index contributed by atoms with van der Waals surface area (Å²) in [7, 11) is 0. The Labute approximate surface area is 175 Å². The number of hydrogen-bond acceptors (Lipinski definition) is 3. The molecule has 1 aromatic heterocycles. The highest BCUT2D eigenvalue weighted by molar-refractivity contribution is 6.10. The summed E-state index contributed by atoms with van der Waals surface area (Å²) in [5, 5.41) is 4.12. The third-order valence-electron chi connectivity index (χ3n) is 7.26. The first-order valence-electron chi connectivity index (χ1n) is 11.0. The van der Waals surface area contributed by atoms with Gasteiger partial charge in [-0.1, -0.05) is 31.0 Å². The molecular formula is C23H28N4O3. The fraction of sp³-hybridized carbons (Fsp3) is 0.522. The Balaban J connectivity index is 1.25. The fourth-order valence-corrected chi connectivity index (χ4v) is 5.53. The monoisotopic (exact) mass is 408 g/mol. The van der Waals surface area contributed by atoms with Crippen LogP contribution in [0.25, 0.3) is 10.9 Å². The van der Waals surface area contributed by atoms with E-state index in [0.29, 0.717) is 31.8 Å². The van der Waals surface area contributed by atoms with E-state index in [1.54, 1.807) is 6.92 Å². The lowest BCUT2D eigenvalue weighted by molar-refractivity contribution is -0.143. The SMILES string of the molecule is CC(C(=O)N1CCC(c2c[nH]c3ccccc23)CC1)N1C(=O)NC2(CCCC2)C1=O. The quantitative estimate of drug-likeness (QED) is 0.765. The number of para-hydroxylation sites is 1. The lowest BCUT2D eigenvalue weighted by Gasteiger charge is -2.35. The Morgan fingerprint density at radius 2 is 1.83 bits per heavy atom. The molecule has 7 heteroatoms. The molecule has 2 aromatic rings. The maximum atomic E-state index is 13.1. The molecule has 1 aromatic carbocycles. The standard InChI is InChI=1S/C23H28N4O3/c1-15(27-21(29)23(25-22(27)30)10-4-5-11-23)20(28)26-12-8-16(9-13-26)18-14-24-19-7-3-2-6-17(18)19/h2-3,6-7,14-16,24H,4-5,8-13H2,1H3,(H,25,30). The number of H-pyrrole nitrogens is 1. The minimum atomic E-state index is -0.770. The number of carbonyl (C=O) groups excluding carboxylic acids is 3. The van der Waals surface area contributed by atoms with Crippen LogP contribution in [-0.4, -0.2) is 57.3 Å². The molecule has 2 aliphatic heterocycles. The molecule has 30 heavy (non-hydrogen) atoms. The van der Waals surface area contributed by atoms with Crippen molar-refractivity contribution in [3.63, 3.8) is 0 Å². The Morgan fingerprint density at radius 1 is 1.13 bits per heavy atom. The largest absolute Gasteiger partial charge is 0.361 e. The Kier molecular flexibility index (Phi) is 4.56. The smallest absolute Gasteiger partial charge is 0.325 e. The highest BCUT2D eigenvalue weighted by atomic mass is 16.2. The molecule has 3 fully saturated rings. The minimum absolute atomic E-state index is 0.133. The summed E-state index contributed by atoms with van der Waals surface area (Å²) in [6.45, 7) is 2.96. The van der Waals surface area contributed by atoms with Crippen molar-refractivity contribution in [1.29, 1.82) is 0 Å². The number of piperidine rings is 1. The van der Waals surface area contributed by atoms with Crippen LogP contribution >= 0.6 is 0 Å². The van der Waals surface area contributed by atoms with Crippen LogP contribution in [0.1, 0.15) is 56.9 Å². The zero-order chi connectivity index (χ0) is 20.9. The second-order valence-electron chi connectivity index (χ2n) is 8.96. The van der Waals surface area contributed by atoms with Gasteiger partial charge in [-0.2, -0.15) is 0 Å². The highest BCUT2D eigenvalue weighted by Crippen LogP contribution is 2.37. The molecule has 1 spiro atoms. The Morgan fingerprint density at radius 3 is 2.57 bits per heavy atom. The predicted molar refractivity (Wildman–Crippen MR) is 113 cm³/mol. The molecule has 1 atom stereocenters. The molecule has 0 radical (unpaired) electrons. The fourth-order valence-electron chi connectivity index (χ4n) is 5.53. The van der Waals surface area contributed by atoms with Crippen molar-refractivity contribution in [3.05, 3.63) is 36.0 Å². The van der Waals surface area contributed by atoms with E-state index >= 15 is 0 Å². The second-order valence-corrected chi connectivity index (χ2v) is 8.96. The van der Waals surface area contributed by atoms with Crippen LogP contribution in [0.5, 0.6) is 0 Å². The van der Waals surface area contributed by atoms with E-state index in [9.17, 15) is 14.4 Å². The summed E-state index contributed by atoms with van der Waals surface area (Å²) in [5.74, 6) is 0.0458. The van der Waals surface area contributed by atoms with Gasteiger partial charge < -0.3 is 15.2 Å². The second kappa shape index (κ2) is 7.15. The number of aromatic amines is 1. The lowest BCUT2D eigenvalue weighted by Crippen LogP contribution is -2.52. The number of nitrogens with zero attached hydrogens (tertiary/aromatic N) is 2. The molecule has 0 bridgehead atoms. The van der Waals surface area contributed by atoms with Crippen molar-refractivity contribution in [3.8, 4) is 0 Å². The number of rotatable bonds is 3. The number of amides is 4. The van der Waals surface area contributed by atoms with Crippen molar-refractivity contribution in [2.45, 2.75) is 62.9 Å². The van der Waals surface area contributed by atoms with Crippen LogP contribution in [-0.2, 0) is 9.59 Å². The molecule has 3 heterocycles. The minimum Gasteiger partial charge on any atom is -0.361 e. The number of fused-ring (bicyclic) bond motifs is 1. The molecule has 2 N–H and O–H groups in total. The predicted octanol–water partition coefficient (Wildman–Crippen LogP) is 3.13. The van der Waals surface area contributed by atoms with Gasteiger partial charge in [0.2, 0.25) is 5.91 Å². The summed E-state index contributed by atoms with van der Waals surface area (Å²) in [5.41, 5.74) is 1.68. The van der Waals surface area contributed by atoms with Gasteiger partial charge in [0.05, 0.1) is 0 Å². The highest BCUT2D eigenvalue weighted by Gasteiger charge is 2.54. The molecule has 3 aliphatic rings. The summed E-state index contributed by atoms with van der Waals surface area (Å²) in [4.78, 5) is 44.9. The van der Waals surface area contributed by atoms with E-state index in [1.807, 2.05) is 11.0 Å². The average molecular weight is 409 g/mol. The van der Waals surface area contributed by atoms with Gasteiger partial charge in [0.15, 0.2) is 0 Å².